The summed E-state index contributed by atoms with van der Waals surface area (Å²) in [4.78, 5) is 13.4. The molecule has 17 heavy (non-hydrogen) atoms. The van der Waals surface area contributed by atoms with Crippen LogP contribution in [0.15, 0.2) is 24.3 Å². The highest BCUT2D eigenvalue weighted by molar-refractivity contribution is 5.94. The van der Waals surface area contributed by atoms with Crippen LogP contribution in [-0.4, -0.2) is 25.0 Å². The number of nitrogens with one attached hydrogen (secondary N) is 1. The molecule has 1 aromatic carbocycles. The van der Waals surface area contributed by atoms with E-state index < -0.39 is 0 Å². The number of halogens is 1. The third-order valence-corrected chi connectivity index (χ3v) is 2.42. The summed E-state index contributed by atoms with van der Waals surface area (Å²) >= 11 is 0. The van der Waals surface area contributed by atoms with Gasteiger partial charge < -0.3 is 10.2 Å². The van der Waals surface area contributed by atoms with Gasteiger partial charge in [-0.05, 0) is 19.1 Å². The van der Waals surface area contributed by atoms with Crippen LogP contribution in [0.1, 0.15) is 20.8 Å². The summed E-state index contributed by atoms with van der Waals surface area (Å²) in [6, 6.07) is 6.55. The first-order chi connectivity index (χ1) is 8.06. The van der Waals surface area contributed by atoms with Gasteiger partial charge in [-0.15, -0.1) is 0 Å². The van der Waals surface area contributed by atoms with Gasteiger partial charge in [0.1, 0.15) is 5.82 Å². The summed E-state index contributed by atoms with van der Waals surface area (Å²) in [6.45, 7) is 6.44. The highest BCUT2D eigenvalue weighted by atomic mass is 19.1. The molecule has 0 aliphatic heterocycles. The van der Waals surface area contributed by atoms with Crippen LogP contribution in [0, 0.1) is 5.82 Å². The van der Waals surface area contributed by atoms with Crippen molar-refractivity contribution >= 4 is 11.6 Å². The van der Waals surface area contributed by atoms with Crippen molar-refractivity contribution in [2.75, 3.05) is 18.0 Å². The molecular formula is C13H19FN2O. The molecule has 0 aromatic heterocycles. The third-order valence-electron chi connectivity index (χ3n) is 2.42. The van der Waals surface area contributed by atoms with Gasteiger partial charge in [0.25, 0.3) is 0 Å². The minimum atomic E-state index is -0.368. The molecule has 0 fully saturated rings. The van der Waals surface area contributed by atoms with Gasteiger partial charge in [0, 0.05) is 12.6 Å². The average molecular weight is 238 g/mol. The molecule has 0 bridgehead atoms. The standard InChI is InChI=1S/C13H19FN2O/c1-4-16(13(17)9-15-10(2)3)12-8-6-5-7-11(12)14/h5-8,10,15H,4,9H2,1-3H3. The van der Waals surface area contributed by atoms with Gasteiger partial charge >= 0.3 is 0 Å². The summed E-state index contributed by atoms with van der Waals surface area (Å²) < 4.78 is 13.6. The molecule has 0 aliphatic rings. The van der Waals surface area contributed by atoms with Gasteiger partial charge in [0.15, 0.2) is 0 Å². The SMILES string of the molecule is CCN(C(=O)CNC(C)C)c1ccccc1F. The van der Waals surface area contributed by atoms with Gasteiger partial charge in [-0.1, -0.05) is 26.0 Å². The van der Waals surface area contributed by atoms with Crippen molar-refractivity contribution in [2.24, 2.45) is 0 Å². The molecule has 1 rings (SSSR count). The Labute approximate surface area is 102 Å². The monoisotopic (exact) mass is 238 g/mol. The predicted molar refractivity (Wildman–Crippen MR) is 67.6 cm³/mol. The van der Waals surface area contributed by atoms with Crippen molar-refractivity contribution in [3.05, 3.63) is 30.1 Å². The van der Waals surface area contributed by atoms with Gasteiger partial charge in [-0.3, -0.25) is 4.79 Å². The third kappa shape index (κ3) is 3.82. The zero-order chi connectivity index (χ0) is 12.8. The average Bonchev–Trinajstić information content (AvgIpc) is 2.30. The Morgan fingerprint density at radius 3 is 2.59 bits per heavy atom. The summed E-state index contributed by atoms with van der Waals surface area (Å²) in [5, 5.41) is 3.04. The van der Waals surface area contributed by atoms with Gasteiger partial charge in [0.05, 0.1) is 12.2 Å². The van der Waals surface area contributed by atoms with E-state index in [2.05, 4.69) is 5.32 Å². The Morgan fingerprint density at radius 2 is 2.06 bits per heavy atom. The lowest BCUT2D eigenvalue weighted by atomic mass is 10.2. The highest BCUT2D eigenvalue weighted by Gasteiger charge is 2.16. The van der Waals surface area contributed by atoms with Gasteiger partial charge in [0.2, 0.25) is 5.91 Å². The molecule has 0 spiro atoms. The lowest BCUT2D eigenvalue weighted by Crippen LogP contribution is -2.40. The second kappa shape index (κ2) is 6.35. The number of para-hydroxylation sites is 1. The van der Waals surface area contributed by atoms with Crippen LogP contribution in [0.4, 0.5) is 10.1 Å². The van der Waals surface area contributed by atoms with Crippen molar-refractivity contribution in [3.8, 4) is 0 Å². The van der Waals surface area contributed by atoms with Crippen molar-refractivity contribution in [3.63, 3.8) is 0 Å². The molecule has 1 aromatic rings. The lowest BCUT2D eigenvalue weighted by molar-refractivity contribution is -0.117. The molecule has 1 N–H and O–H groups in total. The molecule has 3 nitrogen and oxygen atoms in total. The number of anilines is 1. The molecule has 0 unspecified atom stereocenters. The first-order valence-corrected chi connectivity index (χ1v) is 5.84. The summed E-state index contributed by atoms with van der Waals surface area (Å²) in [7, 11) is 0. The highest BCUT2D eigenvalue weighted by Crippen LogP contribution is 2.18. The maximum atomic E-state index is 13.6. The number of carbonyl (C=O) groups is 1. The molecule has 4 heteroatoms. The van der Waals surface area contributed by atoms with Gasteiger partial charge in [-0.2, -0.15) is 0 Å². The first-order valence-electron chi connectivity index (χ1n) is 5.84. The molecule has 0 atom stereocenters. The Morgan fingerprint density at radius 1 is 1.41 bits per heavy atom. The molecule has 0 radical (unpaired) electrons. The van der Waals surface area contributed by atoms with Crippen LogP contribution >= 0.6 is 0 Å². The van der Waals surface area contributed by atoms with E-state index in [4.69, 9.17) is 0 Å². The molecule has 1 amide bonds. The molecule has 94 valence electrons. The molecule has 0 aliphatic carbocycles. The maximum Gasteiger partial charge on any atom is 0.241 e. The summed E-state index contributed by atoms with van der Waals surface area (Å²) in [5.41, 5.74) is 0.338. The Balaban J connectivity index is 2.78. The minimum absolute atomic E-state index is 0.119. The number of likely N-dealkylation sites (N-methyl/N-ethyl adjacent to an activating group) is 1. The molecular weight excluding hydrogens is 219 g/mol. The summed E-state index contributed by atoms with van der Waals surface area (Å²) in [5.74, 6) is -0.487. The van der Waals surface area contributed by atoms with Crippen molar-refractivity contribution < 1.29 is 9.18 Å². The number of amides is 1. The predicted octanol–water partition coefficient (Wildman–Crippen LogP) is 2.18. The fourth-order valence-corrected chi connectivity index (χ4v) is 1.54. The number of carbonyl (C=O) groups excluding carboxylic acids is 1. The fraction of sp³-hybridized carbons (Fsp3) is 0.462. The topological polar surface area (TPSA) is 32.3 Å². The van der Waals surface area contributed by atoms with Crippen LogP contribution < -0.4 is 10.2 Å². The second-order valence-corrected chi connectivity index (χ2v) is 4.13. The van der Waals surface area contributed by atoms with Crippen molar-refractivity contribution in [2.45, 2.75) is 26.8 Å². The quantitative estimate of drug-likeness (QED) is 0.852. The Kier molecular flexibility index (Phi) is 5.10. The van der Waals surface area contributed by atoms with Crippen molar-refractivity contribution in [1.82, 2.24) is 5.32 Å². The van der Waals surface area contributed by atoms with Crippen molar-refractivity contribution in [1.29, 1.82) is 0 Å². The number of hydrogen-bond acceptors (Lipinski definition) is 2. The second-order valence-electron chi connectivity index (χ2n) is 4.13. The first kappa shape index (κ1) is 13.6. The van der Waals surface area contributed by atoms with E-state index in [1.54, 1.807) is 18.2 Å². The van der Waals surface area contributed by atoms with E-state index in [1.165, 1.54) is 11.0 Å². The number of rotatable bonds is 5. The lowest BCUT2D eigenvalue weighted by Gasteiger charge is -2.22. The van der Waals surface area contributed by atoms with Crippen LogP contribution in [0.5, 0.6) is 0 Å². The Bertz CT molecular complexity index is 379. The zero-order valence-corrected chi connectivity index (χ0v) is 10.5. The van der Waals surface area contributed by atoms with E-state index >= 15 is 0 Å². The largest absolute Gasteiger partial charge is 0.309 e. The smallest absolute Gasteiger partial charge is 0.241 e. The van der Waals surface area contributed by atoms with Crippen LogP contribution in [0.2, 0.25) is 0 Å². The number of nitrogens with zero attached hydrogens (tertiary/aromatic N) is 1. The van der Waals surface area contributed by atoms with E-state index in [1.807, 2.05) is 20.8 Å². The van der Waals surface area contributed by atoms with Crippen LogP contribution in [0.25, 0.3) is 0 Å². The summed E-state index contributed by atoms with van der Waals surface area (Å²) in [6.07, 6.45) is 0. The number of hydrogen-bond donors (Lipinski definition) is 1. The number of benzene rings is 1. The van der Waals surface area contributed by atoms with Gasteiger partial charge in [-0.25, -0.2) is 4.39 Å². The maximum absolute atomic E-state index is 13.6. The van der Waals surface area contributed by atoms with E-state index in [-0.39, 0.29) is 24.3 Å². The van der Waals surface area contributed by atoms with E-state index in [0.29, 0.717) is 12.2 Å². The zero-order valence-electron chi connectivity index (χ0n) is 10.5. The molecule has 0 heterocycles. The Hall–Kier alpha value is -1.42. The van der Waals surface area contributed by atoms with Crippen LogP contribution in [-0.2, 0) is 4.79 Å². The normalized spacial score (nSPS) is 10.6. The fourth-order valence-electron chi connectivity index (χ4n) is 1.54. The van der Waals surface area contributed by atoms with E-state index in [0.717, 1.165) is 0 Å². The minimum Gasteiger partial charge on any atom is -0.309 e. The molecule has 0 saturated carbocycles. The van der Waals surface area contributed by atoms with E-state index in [9.17, 15) is 9.18 Å². The molecule has 0 saturated heterocycles. The van der Waals surface area contributed by atoms with Crippen LogP contribution in [0.3, 0.4) is 0 Å².